The molecule has 0 aliphatic rings. The molecule has 0 unspecified atom stereocenters. The molecule has 14 heteroatoms. The predicted molar refractivity (Wildman–Crippen MR) is 134 cm³/mol. The van der Waals surface area contributed by atoms with Crippen molar-refractivity contribution in [3.63, 3.8) is 0 Å². The van der Waals surface area contributed by atoms with Crippen LogP contribution < -0.4 is 0 Å². The molecule has 0 fully saturated rings. The van der Waals surface area contributed by atoms with E-state index < -0.39 is 20.2 Å². The first-order valence-electron chi connectivity index (χ1n) is 10.6. The smallest absolute Gasteiger partial charge is 0.124 e. The van der Waals surface area contributed by atoms with Gasteiger partial charge < -0.3 is 9.11 Å². The lowest BCUT2D eigenvalue weighted by atomic mass is 10.3. The van der Waals surface area contributed by atoms with Gasteiger partial charge in [0.25, 0.3) is 0 Å². The molecule has 0 aliphatic heterocycles. The number of hydrogen-bond acceptors (Lipinski definition) is 12. The lowest BCUT2D eigenvalue weighted by molar-refractivity contribution is 0.461. The van der Waals surface area contributed by atoms with Gasteiger partial charge in [-0.15, -0.1) is 0 Å². The highest BCUT2D eigenvalue weighted by molar-refractivity contribution is 7.86. The number of hydrogen-bond donors (Lipinski definition) is 0. The second-order valence-corrected chi connectivity index (χ2v) is 10.3. The minimum atomic E-state index is -4.51. The third-order valence-electron chi connectivity index (χ3n) is 4.79. The van der Waals surface area contributed by atoms with Crippen molar-refractivity contribution in [3.05, 3.63) is 97.1 Å². The van der Waals surface area contributed by atoms with Crippen LogP contribution in [0.5, 0.6) is 0 Å². The van der Waals surface area contributed by atoms with Crippen LogP contribution in [0.1, 0.15) is 0 Å². The van der Waals surface area contributed by atoms with Crippen LogP contribution in [0.4, 0.5) is 34.1 Å². The second kappa shape index (κ2) is 11.3. The van der Waals surface area contributed by atoms with Gasteiger partial charge in [0.1, 0.15) is 20.2 Å². The Hall–Kier alpha value is -4.50. The number of rotatable bonds is 8. The van der Waals surface area contributed by atoms with Crippen molar-refractivity contribution in [3.8, 4) is 0 Å². The van der Waals surface area contributed by atoms with Gasteiger partial charge in [0.05, 0.1) is 43.9 Å². The SMILES string of the molecule is O=S(=O)([O-])c1ccc(N=Nc2ccc(N=Nc3ccc(N=Nc4ccc(S(=O)(=O)[O-])cc4)cc3)cc2)cc1. The van der Waals surface area contributed by atoms with Crippen LogP contribution >= 0.6 is 0 Å². The van der Waals surface area contributed by atoms with E-state index in [0.29, 0.717) is 34.1 Å². The van der Waals surface area contributed by atoms with Crippen LogP contribution in [0.3, 0.4) is 0 Å². The number of nitrogens with zero attached hydrogens (tertiary/aromatic N) is 6. The van der Waals surface area contributed by atoms with Crippen molar-refractivity contribution in [1.82, 2.24) is 0 Å². The molecule has 0 aliphatic carbocycles. The molecule has 4 rings (SSSR count). The zero-order chi connectivity index (χ0) is 27.2. The van der Waals surface area contributed by atoms with E-state index in [-0.39, 0.29) is 9.79 Å². The highest BCUT2D eigenvalue weighted by atomic mass is 32.2. The van der Waals surface area contributed by atoms with Gasteiger partial charge in [-0.3, -0.25) is 0 Å². The Balaban J connectivity index is 1.34. The van der Waals surface area contributed by atoms with E-state index in [1.807, 2.05) is 0 Å². The van der Waals surface area contributed by atoms with E-state index in [2.05, 4.69) is 30.7 Å². The van der Waals surface area contributed by atoms with Gasteiger partial charge in [-0.05, 0) is 97.1 Å². The van der Waals surface area contributed by atoms with E-state index in [0.717, 1.165) is 0 Å². The Bertz CT molecular complexity index is 1590. The Morgan fingerprint density at radius 1 is 0.342 bits per heavy atom. The van der Waals surface area contributed by atoms with Crippen molar-refractivity contribution >= 4 is 54.4 Å². The first-order chi connectivity index (χ1) is 18.1. The van der Waals surface area contributed by atoms with Crippen LogP contribution in [0, 0.1) is 0 Å². The largest absolute Gasteiger partial charge is 0.744 e. The maximum Gasteiger partial charge on any atom is 0.124 e. The van der Waals surface area contributed by atoms with E-state index in [1.54, 1.807) is 48.5 Å². The van der Waals surface area contributed by atoms with E-state index in [1.165, 1.54) is 48.5 Å². The summed E-state index contributed by atoms with van der Waals surface area (Å²) in [5, 5.41) is 24.4. The summed E-state index contributed by atoms with van der Waals surface area (Å²) in [4.78, 5) is -0.677. The summed E-state index contributed by atoms with van der Waals surface area (Å²) in [5.41, 5.74) is 2.97. The molecule has 0 atom stereocenters. The van der Waals surface area contributed by atoms with Crippen molar-refractivity contribution in [2.75, 3.05) is 0 Å². The van der Waals surface area contributed by atoms with Crippen LogP contribution in [-0.2, 0) is 20.2 Å². The average molecular weight is 549 g/mol. The molecular weight excluding hydrogens is 532 g/mol. The Morgan fingerprint density at radius 3 is 0.658 bits per heavy atom. The molecule has 0 saturated carbocycles. The molecule has 0 spiro atoms. The van der Waals surface area contributed by atoms with Gasteiger partial charge in [0.15, 0.2) is 0 Å². The first kappa shape index (κ1) is 26.6. The molecular formula is C24H16N6O6S2-2. The van der Waals surface area contributed by atoms with Gasteiger partial charge in [-0.25, -0.2) is 16.8 Å². The third kappa shape index (κ3) is 7.50. The van der Waals surface area contributed by atoms with Crippen molar-refractivity contribution in [1.29, 1.82) is 0 Å². The molecule has 0 radical (unpaired) electrons. The Labute approximate surface area is 217 Å². The highest BCUT2D eigenvalue weighted by Gasteiger charge is 2.02. The van der Waals surface area contributed by atoms with Gasteiger partial charge in [0.2, 0.25) is 0 Å². The lowest BCUT2D eigenvalue weighted by Crippen LogP contribution is -1.97. The summed E-state index contributed by atoms with van der Waals surface area (Å²) in [7, 11) is -9.02. The first-order valence-corrected chi connectivity index (χ1v) is 13.5. The molecule has 0 bridgehead atoms. The quantitative estimate of drug-likeness (QED) is 0.173. The molecule has 0 saturated heterocycles. The standard InChI is InChI=1S/C24H18N6O6S2/c31-37(32,33)23-13-9-21(10-14-23)29-27-19-5-1-17(2-6-19)25-26-18-3-7-20(8-4-18)28-30-22-11-15-24(16-12-22)38(34,35)36/h1-16H,(H,31,32,33)(H,34,35,36)/p-2. The fourth-order valence-corrected chi connectivity index (χ4v) is 3.82. The molecule has 38 heavy (non-hydrogen) atoms. The summed E-state index contributed by atoms with van der Waals surface area (Å²) < 4.78 is 65.8. The summed E-state index contributed by atoms with van der Waals surface area (Å²) in [6.07, 6.45) is 0. The topological polar surface area (TPSA) is 189 Å². The normalized spacial score (nSPS) is 12.6. The van der Waals surface area contributed by atoms with Crippen LogP contribution in [-0.4, -0.2) is 25.9 Å². The van der Waals surface area contributed by atoms with Gasteiger partial charge >= 0.3 is 0 Å². The maximum atomic E-state index is 11.0. The molecule has 4 aromatic carbocycles. The minimum absolute atomic E-state index is 0.338. The van der Waals surface area contributed by atoms with Gasteiger partial charge in [-0.1, -0.05) is 0 Å². The molecule has 0 N–H and O–H groups in total. The molecule has 4 aromatic rings. The summed E-state index contributed by atoms with van der Waals surface area (Å²) in [6, 6.07) is 23.7. The van der Waals surface area contributed by atoms with Crippen LogP contribution in [0.15, 0.2) is 138 Å². The summed E-state index contributed by atoms with van der Waals surface area (Å²) in [6.45, 7) is 0. The monoisotopic (exact) mass is 548 g/mol. The summed E-state index contributed by atoms with van der Waals surface area (Å²) in [5.74, 6) is 0. The van der Waals surface area contributed by atoms with E-state index in [4.69, 9.17) is 0 Å². The zero-order valence-corrected chi connectivity index (χ0v) is 20.8. The lowest BCUT2D eigenvalue weighted by Gasteiger charge is -2.05. The van der Waals surface area contributed by atoms with Crippen molar-refractivity contribution in [2.45, 2.75) is 9.79 Å². The van der Waals surface area contributed by atoms with Crippen LogP contribution in [0.25, 0.3) is 0 Å². The van der Waals surface area contributed by atoms with Crippen LogP contribution in [0.2, 0.25) is 0 Å². The fraction of sp³-hybridized carbons (Fsp3) is 0. The van der Waals surface area contributed by atoms with Gasteiger partial charge in [-0.2, -0.15) is 30.7 Å². The Kier molecular flexibility index (Phi) is 7.87. The minimum Gasteiger partial charge on any atom is -0.744 e. The average Bonchev–Trinajstić information content (AvgIpc) is 2.90. The molecule has 192 valence electrons. The Morgan fingerprint density at radius 2 is 0.500 bits per heavy atom. The molecule has 0 aromatic heterocycles. The number of benzene rings is 4. The van der Waals surface area contributed by atoms with E-state index >= 15 is 0 Å². The van der Waals surface area contributed by atoms with Crippen molar-refractivity contribution < 1.29 is 25.9 Å². The predicted octanol–water partition coefficient (Wildman–Crippen LogP) is 6.74. The maximum absolute atomic E-state index is 11.0. The number of azo groups is 3. The fourth-order valence-electron chi connectivity index (χ4n) is 2.88. The van der Waals surface area contributed by atoms with Gasteiger partial charge in [0, 0.05) is 0 Å². The summed E-state index contributed by atoms with van der Waals surface area (Å²) >= 11 is 0. The second-order valence-electron chi connectivity index (χ2n) is 7.53. The molecule has 0 heterocycles. The van der Waals surface area contributed by atoms with Crippen molar-refractivity contribution in [2.24, 2.45) is 30.7 Å². The van der Waals surface area contributed by atoms with E-state index in [9.17, 15) is 25.9 Å². The third-order valence-corrected chi connectivity index (χ3v) is 6.49. The molecule has 12 nitrogen and oxygen atoms in total. The highest BCUT2D eigenvalue weighted by Crippen LogP contribution is 2.26. The molecule has 0 amide bonds. The zero-order valence-electron chi connectivity index (χ0n) is 19.2.